The highest BCUT2D eigenvalue weighted by Gasteiger charge is 2.27. The Morgan fingerprint density at radius 2 is 1.71 bits per heavy atom. The summed E-state index contributed by atoms with van der Waals surface area (Å²) in [4.78, 5) is 19.3. The maximum absolute atomic E-state index is 11.8. The second-order valence-electron chi connectivity index (χ2n) is 7.20. The molecule has 24 heavy (non-hydrogen) atoms. The summed E-state index contributed by atoms with van der Waals surface area (Å²) in [6.07, 6.45) is 3.58. The molecule has 2 N–H and O–H groups in total. The van der Waals surface area contributed by atoms with Crippen LogP contribution in [0.5, 0.6) is 5.75 Å². The second kappa shape index (κ2) is 9.67. The van der Waals surface area contributed by atoms with Crippen LogP contribution in [0.2, 0.25) is 0 Å². The number of ketones is 1. The molecule has 0 aromatic heterocycles. The highest BCUT2D eigenvalue weighted by Crippen LogP contribution is 2.40. The Hall–Kier alpha value is -1.55. The van der Waals surface area contributed by atoms with Gasteiger partial charge in [-0.05, 0) is 37.3 Å². The molecule has 1 saturated heterocycles. The lowest BCUT2D eigenvalue weighted by Gasteiger charge is -2.28. The van der Waals surface area contributed by atoms with Crippen LogP contribution in [0.15, 0.2) is 12.1 Å². The van der Waals surface area contributed by atoms with Crippen molar-refractivity contribution in [3.05, 3.63) is 23.3 Å². The summed E-state index contributed by atoms with van der Waals surface area (Å²) < 4.78 is 0. The van der Waals surface area contributed by atoms with Crippen LogP contribution in [0.4, 0.5) is 5.69 Å². The average Bonchev–Trinajstić information content (AvgIpc) is 2.99. The number of nitrogens with zero attached hydrogens (tertiary/aromatic N) is 1. The zero-order valence-corrected chi connectivity index (χ0v) is 15.5. The fraction of sp³-hybridized carbons (Fsp3) is 0.650. The molecule has 4 heteroatoms. The van der Waals surface area contributed by atoms with Gasteiger partial charge in [-0.1, -0.05) is 48.5 Å². The third-order valence-corrected chi connectivity index (χ3v) is 3.85. The Balaban J connectivity index is 0.00000123. The molecule has 1 aliphatic rings. The molecule has 2 rings (SSSR count). The molecular weight excluding hydrogens is 300 g/mol. The quantitative estimate of drug-likeness (QED) is 0.617. The molecule has 1 heterocycles. The summed E-state index contributed by atoms with van der Waals surface area (Å²) in [5.41, 5.74) is 2.52. The highest BCUT2D eigenvalue weighted by atomic mass is 16.6. The van der Waals surface area contributed by atoms with Crippen LogP contribution in [0.3, 0.4) is 0 Å². The van der Waals surface area contributed by atoms with Crippen molar-refractivity contribution >= 4 is 11.5 Å². The fourth-order valence-electron chi connectivity index (χ4n) is 2.69. The summed E-state index contributed by atoms with van der Waals surface area (Å²) in [5.74, 6) is 6.30. The van der Waals surface area contributed by atoms with Crippen molar-refractivity contribution in [3.63, 3.8) is 0 Å². The Labute approximate surface area is 148 Å². The Kier molecular flexibility index (Phi) is 9.05. The van der Waals surface area contributed by atoms with Crippen LogP contribution in [-0.4, -0.2) is 18.9 Å². The van der Waals surface area contributed by atoms with E-state index in [4.69, 9.17) is 10.7 Å². The SMILES string of the molecule is C.CC(=O)c1cc(N2CCCC2)c(ON)c(C(C)(C)C)c1.CCC. The van der Waals surface area contributed by atoms with Crippen molar-refractivity contribution in [2.24, 2.45) is 5.90 Å². The Morgan fingerprint density at radius 3 is 2.08 bits per heavy atom. The van der Waals surface area contributed by atoms with Crippen LogP contribution < -0.4 is 15.6 Å². The van der Waals surface area contributed by atoms with Crippen molar-refractivity contribution in [1.82, 2.24) is 0 Å². The zero-order valence-electron chi connectivity index (χ0n) is 15.5. The van der Waals surface area contributed by atoms with Gasteiger partial charge in [-0.3, -0.25) is 4.79 Å². The maximum atomic E-state index is 11.8. The number of nitrogens with two attached hydrogens (primary N) is 1. The lowest BCUT2D eigenvalue weighted by molar-refractivity contribution is 0.101. The van der Waals surface area contributed by atoms with E-state index in [1.807, 2.05) is 12.1 Å². The first kappa shape index (κ1) is 22.4. The van der Waals surface area contributed by atoms with Gasteiger partial charge in [0.25, 0.3) is 0 Å². The summed E-state index contributed by atoms with van der Waals surface area (Å²) in [5, 5.41) is 0. The van der Waals surface area contributed by atoms with E-state index in [0.717, 1.165) is 29.9 Å². The normalized spacial score (nSPS) is 13.7. The van der Waals surface area contributed by atoms with Crippen molar-refractivity contribution in [3.8, 4) is 5.75 Å². The number of Topliss-reactive ketones (excluding diaryl/α,β-unsaturated/α-hetero) is 1. The molecule has 4 nitrogen and oxygen atoms in total. The van der Waals surface area contributed by atoms with E-state index in [9.17, 15) is 4.79 Å². The monoisotopic (exact) mass is 336 g/mol. The van der Waals surface area contributed by atoms with Gasteiger partial charge in [-0.25, -0.2) is 0 Å². The van der Waals surface area contributed by atoms with Gasteiger partial charge >= 0.3 is 0 Å². The predicted octanol–water partition coefficient (Wildman–Crippen LogP) is 5.09. The van der Waals surface area contributed by atoms with Gasteiger partial charge in [0.05, 0.1) is 5.69 Å². The van der Waals surface area contributed by atoms with Gasteiger partial charge in [0.15, 0.2) is 11.5 Å². The van der Waals surface area contributed by atoms with Gasteiger partial charge in [0.2, 0.25) is 0 Å². The fourth-order valence-corrected chi connectivity index (χ4v) is 2.69. The molecular formula is C20H36N2O2. The van der Waals surface area contributed by atoms with Gasteiger partial charge < -0.3 is 9.74 Å². The predicted molar refractivity (Wildman–Crippen MR) is 104 cm³/mol. The van der Waals surface area contributed by atoms with Gasteiger partial charge in [-0.2, -0.15) is 5.90 Å². The summed E-state index contributed by atoms with van der Waals surface area (Å²) >= 11 is 0. The third-order valence-electron chi connectivity index (χ3n) is 3.85. The molecule has 0 amide bonds. The van der Waals surface area contributed by atoms with Crippen molar-refractivity contribution < 1.29 is 9.63 Å². The number of benzene rings is 1. The van der Waals surface area contributed by atoms with Crippen molar-refractivity contribution in [2.45, 2.75) is 73.6 Å². The molecule has 0 spiro atoms. The van der Waals surface area contributed by atoms with Crippen LogP contribution >= 0.6 is 0 Å². The molecule has 1 fully saturated rings. The standard InChI is InChI=1S/C16H24N2O2.C3H8.CH4/c1-11(19)12-9-13(16(2,3)4)15(20-17)14(10-12)18-7-5-6-8-18;1-3-2;/h9-10H,5-8,17H2,1-4H3;3H2,1-2H3;1H4. The highest BCUT2D eigenvalue weighted by molar-refractivity contribution is 5.96. The second-order valence-corrected chi connectivity index (χ2v) is 7.20. The zero-order chi connectivity index (χ0) is 17.6. The van der Waals surface area contributed by atoms with E-state index >= 15 is 0 Å². The smallest absolute Gasteiger partial charge is 0.173 e. The Morgan fingerprint density at radius 1 is 1.21 bits per heavy atom. The molecule has 0 unspecified atom stereocenters. The summed E-state index contributed by atoms with van der Waals surface area (Å²) in [6.45, 7) is 14.1. The number of hydrogen-bond donors (Lipinski definition) is 1. The number of anilines is 1. The molecule has 0 saturated carbocycles. The lowest BCUT2D eigenvalue weighted by atomic mass is 9.84. The van der Waals surface area contributed by atoms with Crippen molar-refractivity contribution in [1.29, 1.82) is 0 Å². The Bertz CT molecular complexity index is 527. The van der Waals surface area contributed by atoms with Gasteiger partial charge in [0, 0.05) is 24.2 Å². The van der Waals surface area contributed by atoms with E-state index in [2.05, 4.69) is 39.5 Å². The lowest BCUT2D eigenvalue weighted by Crippen LogP contribution is -2.23. The molecule has 1 aromatic rings. The van der Waals surface area contributed by atoms with Crippen LogP contribution in [0.1, 0.15) is 84.2 Å². The first-order valence-electron chi connectivity index (χ1n) is 8.57. The summed E-state index contributed by atoms with van der Waals surface area (Å²) in [6, 6.07) is 3.81. The first-order valence-corrected chi connectivity index (χ1v) is 8.57. The molecule has 138 valence electrons. The maximum Gasteiger partial charge on any atom is 0.173 e. The summed E-state index contributed by atoms with van der Waals surface area (Å²) in [7, 11) is 0. The van der Waals surface area contributed by atoms with Crippen LogP contribution in [0, 0.1) is 0 Å². The largest absolute Gasteiger partial charge is 0.409 e. The van der Waals surface area contributed by atoms with Gasteiger partial charge in [0.1, 0.15) is 0 Å². The molecule has 0 atom stereocenters. The molecule has 0 radical (unpaired) electrons. The average molecular weight is 337 g/mol. The topological polar surface area (TPSA) is 55.6 Å². The van der Waals surface area contributed by atoms with Gasteiger partial charge in [-0.15, -0.1) is 0 Å². The number of carbonyl (C=O) groups excluding carboxylic acids is 1. The molecule has 0 aliphatic carbocycles. The van der Waals surface area contributed by atoms with E-state index in [1.54, 1.807) is 6.92 Å². The minimum Gasteiger partial charge on any atom is -0.409 e. The molecule has 0 bridgehead atoms. The number of carbonyl (C=O) groups is 1. The van der Waals surface area contributed by atoms with Crippen LogP contribution in [-0.2, 0) is 5.41 Å². The minimum atomic E-state index is -0.130. The molecule has 1 aliphatic heterocycles. The minimum absolute atomic E-state index is 0. The van der Waals surface area contributed by atoms with E-state index < -0.39 is 0 Å². The third kappa shape index (κ3) is 5.52. The molecule has 1 aromatic carbocycles. The van der Waals surface area contributed by atoms with E-state index in [1.165, 1.54) is 19.3 Å². The number of hydrogen-bond acceptors (Lipinski definition) is 4. The number of rotatable bonds is 3. The first-order chi connectivity index (χ1) is 10.8. The van der Waals surface area contributed by atoms with Crippen LogP contribution in [0.25, 0.3) is 0 Å². The van der Waals surface area contributed by atoms with E-state index in [-0.39, 0.29) is 18.6 Å². The van der Waals surface area contributed by atoms with Crippen molar-refractivity contribution in [2.75, 3.05) is 18.0 Å². The van der Waals surface area contributed by atoms with E-state index in [0.29, 0.717) is 5.75 Å².